The lowest BCUT2D eigenvalue weighted by molar-refractivity contribution is 0.0972. The van der Waals surface area contributed by atoms with Gasteiger partial charge in [0, 0.05) is 41.7 Å². The van der Waals surface area contributed by atoms with Crippen LogP contribution in [0.25, 0.3) is 0 Å². The molecular weight excluding hydrogens is 386 g/mol. The standard InChI is InChI=1S/C27H27NO3/c1-31-25-16-14-22(15-17-25)28-23(18-26(29)20-8-4-2-5-9-20)12-13-24(28)19-27(30)21-10-6-3-7-11-21/h2-11,14-17,23-24H,12-13,18-19H2,1H3/t23-,24+. The molecular formula is C27H27NO3. The first-order valence-corrected chi connectivity index (χ1v) is 10.7. The molecule has 1 saturated heterocycles. The van der Waals surface area contributed by atoms with Gasteiger partial charge in [0.15, 0.2) is 11.6 Å². The molecule has 0 radical (unpaired) electrons. The summed E-state index contributed by atoms with van der Waals surface area (Å²) in [5.41, 5.74) is 2.50. The van der Waals surface area contributed by atoms with Crippen molar-refractivity contribution in [3.63, 3.8) is 0 Å². The number of anilines is 1. The lowest BCUT2D eigenvalue weighted by Gasteiger charge is -2.32. The zero-order chi connectivity index (χ0) is 21.6. The summed E-state index contributed by atoms with van der Waals surface area (Å²) in [5, 5.41) is 0. The fourth-order valence-corrected chi connectivity index (χ4v) is 4.45. The summed E-state index contributed by atoms with van der Waals surface area (Å²) in [6, 6.07) is 26.9. The smallest absolute Gasteiger partial charge is 0.164 e. The van der Waals surface area contributed by atoms with Gasteiger partial charge in [-0.1, -0.05) is 60.7 Å². The molecule has 2 atom stereocenters. The summed E-state index contributed by atoms with van der Waals surface area (Å²) in [7, 11) is 1.65. The van der Waals surface area contributed by atoms with Crippen molar-refractivity contribution in [3.05, 3.63) is 96.1 Å². The van der Waals surface area contributed by atoms with Gasteiger partial charge in [0.2, 0.25) is 0 Å². The van der Waals surface area contributed by atoms with E-state index in [1.54, 1.807) is 7.11 Å². The zero-order valence-corrected chi connectivity index (χ0v) is 17.7. The van der Waals surface area contributed by atoms with Crippen LogP contribution in [0.15, 0.2) is 84.9 Å². The number of benzene rings is 3. The normalized spacial score (nSPS) is 18.0. The third kappa shape index (κ3) is 4.85. The lowest BCUT2D eigenvalue weighted by Crippen LogP contribution is -2.38. The van der Waals surface area contributed by atoms with E-state index < -0.39 is 0 Å². The van der Waals surface area contributed by atoms with Crippen LogP contribution in [-0.4, -0.2) is 30.8 Å². The van der Waals surface area contributed by atoms with Crippen molar-refractivity contribution >= 4 is 17.3 Å². The Bertz CT molecular complexity index is 954. The number of rotatable bonds is 8. The van der Waals surface area contributed by atoms with Crippen LogP contribution in [0.2, 0.25) is 0 Å². The number of Topliss-reactive ketones (excluding diaryl/α,β-unsaturated/α-hetero) is 2. The number of ether oxygens (including phenoxy) is 1. The average molecular weight is 414 g/mol. The number of carbonyl (C=O) groups excluding carboxylic acids is 2. The monoisotopic (exact) mass is 413 g/mol. The number of ketones is 2. The third-order valence-corrected chi connectivity index (χ3v) is 6.02. The van der Waals surface area contributed by atoms with Gasteiger partial charge in [0.1, 0.15) is 5.75 Å². The van der Waals surface area contributed by atoms with E-state index in [4.69, 9.17) is 4.74 Å². The predicted molar refractivity (Wildman–Crippen MR) is 123 cm³/mol. The Morgan fingerprint density at radius 2 is 1.19 bits per heavy atom. The van der Waals surface area contributed by atoms with Gasteiger partial charge in [-0.05, 0) is 37.1 Å². The van der Waals surface area contributed by atoms with E-state index in [2.05, 4.69) is 4.90 Å². The molecule has 4 nitrogen and oxygen atoms in total. The minimum atomic E-state index is 0.0645. The molecule has 0 unspecified atom stereocenters. The summed E-state index contributed by atoms with van der Waals surface area (Å²) in [6.45, 7) is 0. The van der Waals surface area contributed by atoms with Crippen LogP contribution in [-0.2, 0) is 0 Å². The van der Waals surface area contributed by atoms with Crippen molar-refractivity contribution in [1.29, 1.82) is 0 Å². The summed E-state index contributed by atoms with van der Waals surface area (Å²) in [6.07, 6.45) is 2.65. The molecule has 0 aromatic heterocycles. The first kappa shape index (κ1) is 20.9. The van der Waals surface area contributed by atoms with Gasteiger partial charge in [0.25, 0.3) is 0 Å². The summed E-state index contributed by atoms with van der Waals surface area (Å²) in [5.74, 6) is 1.06. The molecule has 1 aliphatic heterocycles. The Morgan fingerprint density at radius 3 is 1.61 bits per heavy atom. The molecule has 3 aromatic carbocycles. The number of nitrogens with zero attached hydrogens (tertiary/aromatic N) is 1. The predicted octanol–water partition coefficient (Wildman–Crippen LogP) is 5.58. The van der Waals surface area contributed by atoms with Crippen molar-refractivity contribution in [2.75, 3.05) is 12.0 Å². The van der Waals surface area contributed by atoms with Crippen LogP contribution in [0.4, 0.5) is 5.69 Å². The largest absolute Gasteiger partial charge is 0.497 e. The maximum absolute atomic E-state index is 12.9. The highest BCUT2D eigenvalue weighted by Crippen LogP contribution is 2.35. The molecule has 4 heteroatoms. The quantitative estimate of drug-likeness (QED) is 0.452. The molecule has 158 valence electrons. The molecule has 1 aliphatic rings. The highest BCUT2D eigenvalue weighted by Gasteiger charge is 2.36. The van der Waals surface area contributed by atoms with E-state index in [1.165, 1.54) is 0 Å². The molecule has 3 aromatic rings. The number of hydrogen-bond donors (Lipinski definition) is 0. The van der Waals surface area contributed by atoms with Crippen LogP contribution in [0.5, 0.6) is 5.75 Å². The van der Waals surface area contributed by atoms with E-state index in [1.807, 2.05) is 84.9 Å². The molecule has 1 fully saturated rings. The van der Waals surface area contributed by atoms with Crippen molar-refractivity contribution in [1.82, 2.24) is 0 Å². The van der Waals surface area contributed by atoms with Crippen LogP contribution in [0.3, 0.4) is 0 Å². The maximum atomic E-state index is 12.9. The molecule has 0 saturated carbocycles. The number of carbonyl (C=O) groups is 2. The van der Waals surface area contributed by atoms with Crippen molar-refractivity contribution in [2.24, 2.45) is 0 Å². The topological polar surface area (TPSA) is 46.6 Å². The van der Waals surface area contributed by atoms with Crippen molar-refractivity contribution in [2.45, 2.75) is 37.8 Å². The fraction of sp³-hybridized carbons (Fsp3) is 0.259. The Kier molecular flexibility index (Phi) is 6.46. The van der Waals surface area contributed by atoms with Gasteiger partial charge >= 0.3 is 0 Å². The molecule has 0 aliphatic carbocycles. The Hall–Kier alpha value is -3.40. The van der Waals surface area contributed by atoms with E-state index in [0.29, 0.717) is 12.8 Å². The van der Waals surface area contributed by atoms with E-state index >= 15 is 0 Å². The van der Waals surface area contributed by atoms with Gasteiger partial charge in [-0.3, -0.25) is 9.59 Å². The number of hydrogen-bond acceptors (Lipinski definition) is 4. The first-order chi connectivity index (χ1) is 15.2. The molecule has 0 spiro atoms. The summed E-state index contributed by atoms with van der Waals surface area (Å²) in [4.78, 5) is 28.1. The van der Waals surface area contributed by atoms with Gasteiger partial charge in [0.05, 0.1) is 7.11 Å². The summed E-state index contributed by atoms with van der Waals surface area (Å²) >= 11 is 0. The first-order valence-electron chi connectivity index (χ1n) is 10.7. The van der Waals surface area contributed by atoms with Gasteiger partial charge < -0.3 is 9.64 Å². The van der Waals surface area contributed by atoms with Crippen LogP contribution in [0.1, 0.15) is 46.4 Å². The zero-order valence-electron chi connectivity index (χ0n) is 17.7. The van der Waals surface area contributed by atoms with Crippen LogP contribution < -0.4 is 9.64 Å². The minimum absolute atomic E-state index is 0.0645. The molecule has 31 heavy (non-hydrogen) atoms. The molecule has 1 heterocycles. The fourth-order valence-electron chi connectivity index (χ4n) is 4.45. The Balaban J connectivity index is 1.57. The van der Waals surface area contributed by atoms with Crippen LogP contribution in [0, 0.1) is 0 Å². The van der Waals surface area contributed by atoms with E-state index in [9.17, 15) is 9.59 Å². The molecule has 4 rings (SSSR count). The highest BCUT2D eigenvalue weighted by molar-refractivity contribution is 5.97. The van der Waals surface area contributed by atoms with E-state index in [0.717, 1.165) is 35.4 Å². The lowest BCUT2D eigenvalue weighted by atomic mass is 10.0. The summed E-state index contributed by atoms with van der Waals surface area (Å²) < 4.78 is 5.30. The second-order valence-corrected chi connectivity index (χ2v) is 7.98. The van der Waals surface area contributed by atoms with Gasteiger partial charge in [-0.2, -0.15) is 0 Å². The molecule has 0 amide bonds. The second-order valence-electron chi connectivity index (χ2n) is 7.98. The minimum Gasteiger partial charge on any atom is -0.497 e. The SMILES string of the molecule is COc1ccc(N2[C@@H](CC(=O)c3ccccc3)CC[C@H]2CC(=O)c2ccccc2)cc1. The number of methoxy groups -OCH3 is 1. The highest BCUT2D eigenvalue weighted by atomic mass is 16.5. The van der Waals surface area contributed by atoms with Crippen molar-refractivity contribution < 1.29 is 14.3 Å². The van der Waals surface area contributed by atoms with Gasteiger partial charge in [-0.15, -0.1) is 0 Å². The maximum Gasteiger partial charge on any atom is 0.164 e. The van der Waals surface area contributed by atoms with E-state index in [-0.39, 0.29) is 23.7 Å². The molecule has 0 bridgehead atoms. The average Bonchev–Trinajstić information content (AvgIpc) is 3.21. The Morgan fingerprint density at radius 1 is 0.742 bits per heavy atom. The third-order valence-electron chi connectivity index (χ3n) is 6.02. The van der Waals surface area contributed by atoms with Gasteiger partial charge in [-0.25, -0.2) is 0 Å². The Labute approximate surface area is 183 Å². The second kappa shape index (κ2) is 9.61. The van der Waals surface area contributed by atoms with Crippen molar-refractivity contribution in [3.8, 4) is 5.75 Å². The molecule has 0 N–H and O–H groups in total. The van der Waals surface area contributed by atoms with Crippen LogP contribution >= 0.6 is 0 Å².